The van der Waals surface area contributed by atoms with E-state index in [4.69, 9.17) is 44.6 Å². The smallest absolute Gasteiger partial charge is 0.339 e. The minimum Gasteiger partial charge on any atom is -0.478 e. The molecule has 1 N–H and O–H groups in total. The van der Waals surface area contributed by atoms with Crippen molar-refractivity contribution < 1.29 is 19.6 Å². The summed E-state index contributed by atoms with van der Waals surface area (Å²) < 4.78 is 5.40. The maximum atomic E-state index is 11.2. The van der Waals surface area contributed by atoms with Crippen LogP contribution in [-0.2, 0) is 0 Å². The molecule has 114 valence electrons. The minimum absolute atomic E-state index is 0.00378. The Morgan fingerprint density at radius 2 is 1.73 bits per heavy atom. The average molecular weight is 363 g/mol. The van der Waals surface area contributed by atoms with Crippen molar-refractivity contribution in [2.75, 3.05) is 0 Å². The van der Waals surface area contributed by atoms with E-state index in [0.717, 1.165) is 18.2 Å². The summed E-state index contributed by atoms with van der Waals surface area (Å²) in [6.07, 6.45) is 0. The van der Waals surface area contributed by atoms with Gasteiger partial charge in [-0.25, -0.2) is 4.79 Å². The minimum atomic E-state index is -1.39. The molecule has 0 heterocycles. The molecule has 2 aromatic rings. The van der Waals surface area contributed by atoms with E-state index in [0.29, 0.717) is 0 Å². The molecule has 0 saturated carbocycles. The number of nitro groups is 1. The number of aromatic carboxylic acids is 1. The van der Waals surface area contributed by atoms with Crippen molar-refractivity contribution in [3.63, 3.8) is 0 Å². The van der Waals surface area contributed by atoms with E-state index in [1.54, 1.807) is 0 Å². The lowest BCUT2D eigenvalue weighted by Gasteiger charge is -2.12. The molecule has 6 nitrogen and oxygen atoms in total. The van der Waals surface area contributed by atoms with Gasteiger partial charge in [0.05, 0.1) is 15.0 Å². The lowest BCUT2D eigenvalue weighted by Crippen LogP contribution is -2.02. The van der Waals surface area contributed by atoms with Crippen LogP contribution in [-0.4, -0.2) is 16.0 Å². The first kappa shape index (κ1) is 16.4. The molecule has 22 heavy (non-hydrogen) atoms. The molecule has 0 atom stereocenters. The second-order valence-corrected chi connectivity index (χ2v) is 5.29. The standard InChI is InChI=1S/C13H6Cl3NO5/c14-6-3-9(15)12(10(16)4-6)22-11-2-1-7(17(20)21)5-8(11)13(18)19/h1-5H,(H,18,19). The van der Waals surface area contributed by atoms with Crippen molar-refractivity contribution in [3.05, 3.63) is 61.1 Å². The van der Waals surface area contributed by atoms with E-state index in [1.165, 1.54) is 12.1 Å². The van der Waals surface area contributed by atoms with Gasteiger partial charge < -0.3 is 9.84 Å². The Kier molecular flexibility index (Phi) is 4.75. The Hall–Kier alpha value is -2.02. The number of nitrogens with zero attached hydrogens (tertiary/aromatic N) is 1. The van der Waals surface area contributed by atoms with Crippen molar-refractivity contribution in [2.24, 2.45) is 0 Å². The molecule has 0 fully saturated rings. The molecule has 0 spiro atoms. The normalized spacial score (nSPS) is 10.3. The second-order valence-electron chi connectivity index (χ2n) is 4.04. The van der Waals surface area contributed by atoms with E-state index >= 15 is 0 Å². The molecule has 0 radical (unpaired) electrons. The molecule has 0 aliphatic rings. The van der Waals surface area contributed by atoms with Gasteiger partial charge in [0.2, 0.25) is 0 Å². The summed E-state index contributed by atoms with van der Waals surface area (Å²) in [7, 11) is 0. The molecule has 0 aromatic heterocycles. The summed E-state index contributed by atoms with van der Waals surface area (Å²) in [5, 5.41) is 20.3. The third-order valence-corrected chi connectivity index (χ3v) is 3.36. The molecule has 0 aliphatic heterocycles. The fraction of sp³-hybridized carbons (Fsp3) is 0. The van der Waals surface area contributed by atoms with Crippen LogP contribution in [0.1, 0.15) is 10.4 Å². The van der Waals surface area contributed by atoms with Gasteiger partial charge in [-0.1, -0.05) is 34.8 Å². The van der Waals surface area contributed by atoms with E-state index in [2.05, 4.69) is 0 Å². The van der Waals surface area contributed by atoms with Crippen LogP contribution >= 0.6 is 34.8 Å². The van der Waals surface area contributed by atoms with Crippen LogP contribution in [0.25, 0.3) is 0 Å². The van der Waals surface area contributed by atoms with Gasteiger partial charge in [0.25, 0.3) is 5.69 Å². The number of halogens is 3. The maximum absolute atomic E-state index is 11.2. The molecule has 0 unspecified atom stereocenters. The van der Waals surface area contributed by atoms with Crippen LogP contribution in [0.15, 0.2) is 30.3 Å². The zero-order valence-corrected chi connectivity index (χ0v) is 12.8. The van der Waals surface area contributed by atoms with Crippen LogP contribution in [0.2, 0.25) is 15.1 Å². The van der Waals surface area contributed by atoms with E-state index < -0.39 is 16.5 Å². The van der Waals surface area contributed by atoms with Gasteiger partial charge in [-0.15, -0.1) is 0 Å². The number of ether oxygens (including phenoxy) is 1. The van der Waals surface area contributed by atoms with E-state index in [9.17, 15) is 14.9 Å². The lowest BCUT2D eigenvalue weighted by atomic mass is 10.2. The van der Waals surface area contributed by atoms with Crippen molar-refractivity contribution in [1.82, 2.24) is 0 Å². The number of carbonyl (C=O) groups is 1. The molecule has 0 amide bonds. The molecular weight excluding hydrogens is 357 g/mol. The lowest BCUT2D eigenvalue weighted by molar-refractivity contribution is -0.384. The Morgan fingerprint density at radius 3 is 2.23 bits per heavy atom. The highest BCUT2D eigenvalue weighted by molar-refractivity contribution is 6.40. The number of carboxylic acid groups (broad SMARTS) is 1. The van der Waals surface area contributed by atoms with Crippen LogP contribution in [0.3, 0.4) is 0 Å². The molecule has 2 aromatic carbocycles. The van der Waals surface area contributed by atoms with Gasteiger partial charge in [-0.3, -0.25) is 10.1 Å². The molecule has 0 aliphatic carbocycles. The summed E-state index contributed by atoms with van der Waals surface area (Å²) in [5.74, 6) is -1.52. The molecule has 0 bridgehead atoms. The van der Waals surface area contributed by atoms with Crippen LogP contribution in [0.5, 0.6) is 11.5 Å². The SMILES string of the molecule is O=C(O)c1cc([N+](=O)[O-])ccc1Oc1c(Cl)cc(Cl)cc1Cl. The number of hydrogen-bond donors (Lipinski definition) is 1. The molecule has 0 saturated heterocycles. The summed E-state index contributed by atoms with van der Waals surface area (Å²) in [6, 6.07) is 5.89. The first-order chi connectivity index (χ1) is 10.3. The number of hydrogen-bond acceptors (Lipinski definition) is 4. The van der Waals surface area contributed by atoms with Crippen molar-refractivity contribution in [3.8, 4) is 11.5 Å². The van der Waals surface area contributed by atoms with Gasteiger partial charge in [0.1, 0.15) is 11.3 Å². The van der Waals surface area contributed by atoms with Gasteiger partial charge in [-0.05, 0) is 18.2 Å². The molecule has 2 rings (SSSR count). The van der Waals surface area contributed by atoms with Crippen LogP contribution < -0.4 is 4.74 Å². The van der Waals surface area contributed by atoms with E-state index in [1.807, 2.05) is 0 Å². The first-order valence-corrected chi connectivity index (χ1v) is 6.77. The van der Waals surface area contributed by atoms with Crippen molar-refractivity contribution in [2.45, 2.75) is 0 Å². The van der Waals surface area contributed by atoms with E-state index in [-0.39, 0.29) is 32.3 Å². The molecular formula is C13H6Cl3NO5. The van der Waals surface area contributed by atoms with Gasteiger partial charge in [0, 0.05) is 17.2 Å². The quantitative estimate of drug-likeness (QED) is 0.607. The number of benzene rings is 2. The van der Waals surface area contributed by atoms with Crippen molar-refractivity contribution in [1.29, 1.82) is 0 Å². The van der Waals surface area contributed by atoms with Crippen LogP contribution in [0.4, 0.5) is 5.69 Å². The summed E-state index contributed by atoms with van der Waals surface area (Å²) in [5.41, 5.74) is -0.769. The molecule has 9 heteroatoms. The maximum Gasteiger partial charge on any atom is 0.339 e. The zero-order valence-electron chi connectivity index (χ0n) is 10.5. The number of rotatable bonds is 4. The predicted molar refractivity (Wildman–Crippen MR) is 81.6 cm³/mol. The average Bonchev–Trinajstić information content (AvgIpc) is 2.42. The highest BCUT2D eigenvalue weighted by Gasteiger charge is 2.19. The fourth-order valence-corrected chi connectivity index (χ4v) is 2.52. The Morgan fingerprint density at radius 1 is 1.14 bits per heavy atom. The Balaban J connectivity index is 2.50. The monoisotopic (exact) mass is 361 g/mol. The largest absolute Gasteiger partial charge is 0.478 e. The second kappa shape index (κ2) is 6.39. The third kappa shape index (κ3) is 3.41. The number of carboxylic acids is 1. The Labute approximate surface area is 138 Å². The summed E-state index contributed by atoms with van der Waals surface area (Å²) >= 11 is 17.7. The van der Waals surface area contributed by atoms with Gasteiger partial charge in [0.15, 0.2) is 5.75 Å². The number of non-ortho nitro benzene ring substituents is 1. The highest BCUT2D eigenvalue weighted by Crippen LogP contribution is 2.40. The van der Waals surface area contributed by atoms with Gasteiger partial charge >= 0.3 is 5.97 Å². The zero-order chi connectivity index (χ0) is 16.4. The third-order valence-electron chi connectivity index (χ3n) is 2.58. The predicted octanol–water partition coefficient (Wildman–Crippen LogP) is 5.05. The first-order valence-electron chi connectivity index (χ1n) is 5.63. The summed E-state index contributed by atoms with van der Waals surface area (Å²) in [4.78, 5) is 21.2. The van der Waals surface area contributed by atoms with Crippen LogP contribution in [0, 0.1) is 10.1 Å². The fourth-order valence-electron chi connectivity index (χ4n) is 1.62. The summed E-state index contributed by atoms with van der Waals surface area (Å²) in [6.45, 7) is 0. The Bertz CT molecular complexity index is 755. The number of nitro benzene ring substituents is 1. The van der Waals surface area contributed by atoms with Gasteiger partial charge in [-0.2, -0.15) is 0 Å². The van der Waals surface area contributed by atoms with Crippen molar-refractivity contribution >= 4 is 46.5 Å². The highest BCUT2D eigenvalue weighted by atomic mass is 35.5. The topological polar surface area (TPSA) is 89.7 Å².